The van der Waals surface area contributed by atoms with Crippen LogP contribution < -0.4 is 4.74 Å². The van der Waals surface area contributed by atoms with Crippen molar-refractivity contribution in [2.75, 3.05) is 33.8 Å². The quantitative estimate of drug-likeness (QED) is 0.826. The lowest BCUT2D eigenvalue weighted by Gasteiger charge is -2.20. The predicted molar refractivity (Wildman–Crippen MR) is 97.7 cm³/mol. The molecule has 0 spiro atoms. The topological polar surface area (TPSA) is 70.8 Å². The average Bonchev–Trinajstić information content (AvgIpc) is 2.92. The van der Waals surface area contributed by atoms with Gasteiger partial charge in [0.2, 0.25) is 0 Å². The summed E-state index contributed by atoms with van der Waals surface area (Å²) >= 11 is 0. The second-order valence-corrected chi connectivity index (χ2v) is 6.97. The third-order valence-corrected chi connectivity index (χ3v) is 4.44. The molecule has 27 heavy (non-hydrogen) atoms. The van der Waals surface area contributed by atoms with Gasteiger partial charge in [-0.05, 0) is 50.8 Å². The molecule has 1 aliphatic heterocycles. The molecule has 7 nitrogen and oxygen atoms in total. The molecule has 0 bridgehead atoms. The molecule has 0 radical (unpaired) electrons. The van der Waals surface area contributed by atoms with Gasteiger partial charge in [-0.1, -0.05) is 0 Å². The Morgan fingerprint density at radius 3 is 2.78 bits per heavy atom. The van der Waals surface area contributed by atoms with Crippen LogP contribution in [0.1, 0.15) is 23.9 Å². The van der Waals surface area contributed by atoms with E-state index in [0.717, 1.165) is 12.1 Å². The molecule has 1 unspecified atom stereocenters. The first-order chi connectivity index (χ1) is 12.9. The number of aromatic nitrogens is 2. The van der Waals surface area contributed by atoms with Crippen LogP contribution in [0.3, 0.4) is 0 Å². The van der Waals surface area contributed by atoms with Gasteiger partial charge in [-0.2, -0.15) is 5.10 Å². The summed E-state index contributed by atoms with van der Waals surface area (Å²) in [5.41, 5.74) is 1.52. The lowest BCUT2D eigenvalue weighted by atomic mass is 10.2. The summed E-state index contributed by atoms with van der Waals surface area (Å²) in [5.74, 6) is -0.0233. The molecule has 146 valence electrons. The summed E-state index contributed by atoms with van der Waals surface area (Å²) in [7, 11) is 3.79. The summed E-state index contributed by atoms with van der Waals surface area (Å²) in [6.07, 6.45) is 0.116. The van der Waals surface area contributed by atoms with Crippen LogP contribution in [0.15, 0.2) is 30.3 Å². The molecule has 3 rings (SSSR count). The van der Waals surface area contributed by atoms with E-state index in [1.165, 1.54) is 24.3 Å². The maximum absolute atomic E-state index is 12.9. The Labute approximate surface area is 157 Å². The maximum Gasteiger partial charge on any atom is 0.260 e. The number of halogens is 1. The van der Waals surface area contributed by atoms with Gasteiger partial charge in [0.25, 0.3) is 5.91 Å². The van der Waals surface area contributed by atoms with Gasteiger partial charge in [0.1, 0.15) is 17.7 Å². The second kappa shape index (κ2) is 8.49. The highest BCUT2D eigenvalue weighted by atomic mass is 19.1. The molecule has 0 saturated heterocycles. The van der Waals surface area contributed by atoms with E-state index < -0.39 is 6.10 Å². The molecule has 1 N–H and O–H groups in total. The van der Waals surface area contributed by atoms with Crippen molar-refractivity contribution < 1.29 is 19.0 Å². The number of benzene rings is 1. The minimum absolute atomic E-state index is 0.101. The van der Waals surface area contributed by atoms with Crippen LogP contribution in [0.5, 0.6) is 5.75 Å². The summed E-state index contributed by atoms with van der Waals surface area (Å²) in [4.78, 5) is 16.2. The number of carbonyl (C=O) groups is 1. The standard InChI is InChI=1S/C19H25FN4O3/c1-22(2)12-18(25)17-10-15-11-23(8-3-9-24(15)21-17)19(26)13-27-16-6-4-14(20)5-7-16/h4-7,10,18,25H,3,8-9,11-13H2,1-2H3. The highest BCUT2D eigenvalue weighted by Gasteiger charge is 2.23. The molecule has 8 heteroatoms. The summed E-state index contributed by atoms with van der Waals surface area (Å²) in [6.45, 7) is 2.13. The van der Waals surface area contributed by atoms with Gasteiger partial charge >= 0.3 is 0 Å². The van der Waals surface area contributed by atoms with Crippen LogP contribution in [0, 0.1) is 5.82 Å². The fraction of sp³-hybridized carbons (Fsp3) is 0.474. The van der Waals surface area contributed by atoms with E-state index in [9.17, 15) is 14.3 Å². The molecule has 0 saturated carbocycles. The lowest BCUT2D eigenvalue weighted by molar-refractivity contribution is -0.134. The average molecular weight is 376 g/mol. The first-order valence-electron chi connectivity index (χ1n) is 8.98. The number of hydrogen-bond donors (Lipinski definition) is 1. The molecule has 0 fully saturated rings. The Bertz CT molecular complexity index is 776. The largest absolute Gasteiger partial charge is 0.484 e. The minimum Gasteiger partial charge on any atom is -0.484 e. The van der Waals surface area contributed by atoms with Crippen molar-refractivity contribution in [1.29, 1.82) is 0 Å². The monoisotopic (exact) mass is 376 g/mol. The zero-order valence-electron chi connectivity index (χ0n) is 15.6. The zero-order chi connectivity index (χ0) is 19.4. The summed E-state index contributed by atoms with van der Waals surface area (Å²) in [6, 6.07) is 7.45. The van der Waals surface area contributed by atoms with Crippen molar-refractivity contribution in [2.45, 2.75) is 25.6 Å². The fourth-order valence-electron chi connectivity index (χ4n) is 3.07. The molecular weight excluding hydrogens is 351 g/mol. The van der Waals surface area contributed by atoms with Crippen LogP contribution in [0.25, 0.3) is 0 Å². The van der Waals surface area contributed by atoms with E-state index in [1.807, 2.05) is 29.7 Å². The van der Waals surface area contributed by atoms with Crippen molar-refractivity contribution in [3.8, 4) is 5.75 Å². The highest BCUT2D eigenvalue weighted by Crippen LogP contribution is 2.19. The molecule has 1 aromatic carbocycles. The van der Waals surface area contributed by atoms with E-state index >= 15 is 0 Å². The van der Waals surface area contributed by atoms with E-state index in [0.29, 0.717) is 37.6 Å². The SMILES string of the molecule is CN(C)CC(O)c1cc2n(n1)CCCN(C(=O)COc1ccc(F)cc1)C2. The van der Waals surface area contributed by atoms with Crippen LogP contribution in [0.2, 0.25) is 0 Å². The van der Waals surface area contributed by atoms with Gasteiger partial charge in [-0.25, -0.2) is 4.39 Å². The Hall–Kier alpha value is -2.45. The van der Waals surface area contributed by atoms with Gasteiger partial charge in [-0.15, -0.1) is 0 Å². The second-order valence-electron chi connectivity index (χ2n) is 6.97. The normalized spacial score (nSPS) is 15.4. The molecule has 2 heterocycles. The molecule has 1 amide bonds. The number of aliphatic hydroxyl groups is 1. The third kappa shape index (κ3) is 5.05. The van der Waals surface area contributed by atoms with Crippen molar-refractivity contribution >= 4 is 5.91 Å². The summed E-state index contributed by atoms with van der Waals surface area (Å²) < 4.78 is 20.3. The van der Waals surface area contributed by atoms with Gasteiger partial charge in [0.15, 0.2) is 6.61 Å². The predicted octanol–water partition coefficient (Wildman–Crippen LogP) is 1.43. The van der Waals surface area contributed by atoms with Crippen LogP contribution in [0.4, 0.5) is 4.39 Å². The third-order valence-electron chi connectivity index (χ3n) is 4.44. The number of ether oxygens (including phenoxy) is 1. The van der Waals surface area contributed by atoms with E-state index in [2.05, 4.69) is 5.10 Å². The Morgan fingerprint density at radius 1 is 1.33 bits per heavy atom. The fourth-order valence-corrected chi connectivity index (χ4v) is 3.07. The Balaban J connectivity index is 1.62. The van der Waals surface area contributed by atoms with Gasteiger partial charge in [-0.3, -0.25) is 9.48 Å². The number of nitrogens with zero attached hydrogens (tertiary/aromatic N) is 4. The first kappa shape index (κ1) is 19.3. The lowest BCUT2D eigenvalue weighted by Crippen LogP contribution is -2.34. The molecule has 1 atom stereocenters. The molecular formula is C19H25FN4O3. The number of aliphatic hydroxyl groups excluding tert-OH is 1. The van der Waals surface area contributed by atoms with Crippen LogP contribution in [-0.2, 0) is 17.9 Å². The Kier molecular flexibility index (Phi) is 6.08. The van der Waals surface area contributed by atoms with Gasteiger partial charge in [0, 0.05) is 19.6 Å². The van der Waals surface area contributed by atoms with E-state index in [-0.39, 0.29) is 18.3 Å². The first-order valence-corrected chi connectivity index (χ1v) is 8.98. The maximum atomic E-state index is 12.9. The number of fused-ring (bicyclic) bond motifs is 1. The molecule has 2 aromatic rings. The number of carbonyl (C=O) groups excluding carboxylic acids is 1. The number of hydrogen-bond acceptors (Lipinski definition) is 5. The van der Waals surface area contributed by atoms with Crippen molar-refractivity contribution in [3.05, 3.63) is 47.5 Å². The van der Waals surface area contributed by atoms with Crippen molar-refractivity contribution in [2.24, 2.45) is 0 Å². The Morgan fingerprint density at radius 2 is 2.07 bits per heavy atom. The summed E-state index contributed by atoms with van der Waals surface area (Å²) in [5, 5.41) is 14.8. The smallest absolute Gasteiger partial charge is 0.260 e. The van der Waals surface area contributed by atoms with Gasteiger partial charge < -0.3 is 19.6 Å². The zero-order valence-corrected chi connectivity index (χ0v) is 15.6. The number of aryl methyl sites for hydroxylation is 1. The van der Waals surface area contributed by atoms with E-state index in [1.54, 1.807) is 4.90 Å². The number of amides is 1. The van der Waals surface area contributed by atoms with Gasteiger partial charge in [0.05, 0.1) is 17.9 Å². The van der Waals surface area contributed by atoms with Crippen molar-refractivity contribution in [1.82, 2.24) is 19.6 Å². The molecule has 0 aliphatic carbocycles. The van der Waals surface area contributed by atoms with Crippen molar-refractivity contribution in [3.63, 3.8) is 0 Å². The highest BCUT2D eigenvalue weighted by molar-refractivity contribution is 5.77. The minimum atomic E-state index is -0.662. The number of rotatable bonds is 6. The number of likely N-dealkylation sites (N-methyl/N-ethyl adjacent to an activating group) is 1. The van der Waals surface area contributed by atoms with Crippen LogP contribution >= 0.6 is 0 Å². The molecule has 1 aliphatic rings. The van der Waals surface area contributed by atoms with E-state index in [4.69, 9.17) is 4.74 Å². The van der Waals surface area contributed by atoms with Crippen LogP contribution in [-0.4, -0.2) is 64.4 Å². The molecule has 1 aromatic heterocycles.